The molecule has 2 fully saturated rings. The fraction of sp³-hybridized carbons (Fsp3) is 0.632. The third kappa shape index (κ3) is 4.71. The fourth-order valence-electron chi connectivity index (χ4n) is 3.89. The van der Waals surface area contributed by atoms with Crippen LogP contribution in [0.25, 0.3) is 0 Å². The van der Waals surface area contributed by atoms with Gasteiger partial charge in [-0.15, -0.1) is 0 Å². The lowest BCUT2D eigenvalue weighted by molar-refractivity contribution is -0.126. The summed E-state index contributed by atoms with van der Waals surface area (Å²) in [5.74, 6) is 1.00. The number of carbonyl (C=O) groups excluding carboxylic acids is 1. The van der Waals surface area contributed by atoms with Crippen LogP contribution in [-0.2, 0) is 16.1 Å². The number of nitrogens with zero attached hydrogens (tertiary/aromatic N) is 1. The van der Waals surface area contributed by atoms with Gasteiger partial charge in [-0.1, -0.05) is 18.6 Å². The average molecular weight is 348 g/mol. The van der Waals surface area contributed by atoms with E-state index >= 15 is 0 Å². The van der Waals surface area contributed by atoms with E-state index in [9.17, 15) is 9.90 Å². The maximum atomic E-state index is 12.4. The number of methoxy groups -OCH3 is 1. The van der Waals surface area contributed by atoms with Gasteiger partial charge in [-0.2, -0.15) is 0 Å². The number of rotatable bonds is 6. The molecule has 0 radical (unpaired) electrons. The molecular weight excluding hydrogens is 320 g/mol. The van der Waals surface area contributed by atoms with Gasteiger partial charge in [0.05, 0.1) is 33.0 Å². The minimum absolute atomic E-state index is 0.00204. The first-order valence-corrected chi connectivity index (χ1v) is 9.07. The number of hydrogen-bond acceptors (Lipinski definition) is 5. The van der Waals surface area contributed by atoms with Crippen LogP contribution in [0.2, 0.25) is 0 Å². The normalized spacial score (nSPS) is 27.2. The molecule has 1 saturated carbocycles. The van der Waals surface area contributed by atoms with Crippen molar-refractivity contribution >= 4 is 5.91 Å². The van der Waals surface area contributed by atoms with Crippen molar-refractivity contribution in [1.82, 2.24) is 10.2 Å². The molecule has 138 valence electrons. The highest BCUT2D eigenvalue weighted by Crippen LogP contribution is 2.32. The number of aliphatic hydroxyl groups is 1. The summed E-state index contributed by atoms with van der Waals surface area (Å²) in [5, 5.41) is 13.2. The molecule has 3 atom stereocenters. The Hall–Kier alpha value is -1.63. The maximum Gasteiger partial charge on any atom is 0.234 e. The Balaban J connectivity index is 1.53. The van der Waals surface area contributed by atoms with E-state index < -0.39 is 0 Å². The largest absolute Gasteiger partial charge is 0.497 e. The van der Waals surface area contributed by atoms with Crippen LogP contribution in [0.4, 0.5) is 0 Å². The first-order valence-electron chi connectivity index (χ1n) is 9.07. The Morgan fingerprint density at radius 2 is 2.32 bits per heavy atom. The number of amides is 1. The van der Waals surface area contributed by atoms with Gasteiger partial charge in [-0.25, -0.2) is 0 Å². The van der Waals surface area contributed by atoms with Gasteiger partial charge in [0.25, 0.3) is 0 Å². The van der Waals surface area contributed by atoms with Gasteiger partial charge in [0.2, 0.25) is 5.91 Å². The lowest BCUT2D eigenvalue weighted by Crippen LogP contribution is -2.53. The summed E-state index contributed by atoms with van der Waals surface area (Å²) >= 11 is 0. The summed E-state index contributed by atoms with van der Waals surface area (Å²) in [7, 11) is 1.63. The van der Waals surface area contributed by atoms with Crippen LogP contribution in [0, 0.1) is 5.92 Å². The summed E-state index contributed by atoms with van der Waals surface area (Å²) in [6, 6.07) is 7.83. The van der Waals surface area contributed by atoms with E-state index in [1.165, 1.54) is 0 Å². The van der Waals surface area contributed by atoms with Crippen LogP contribution in [0.1, 0.15) is 24.8 Å². The van der Waals surface area contributed by atoms with E-state index in [4.69, 9.17) is 9.47 Å². The number of benzene rings is 1. The van der Waals surface area contributed by atoms with Crippen molar-refractivity contribution in [2.45, 2.75) is 38.0 Å². The summed E-state index contributed by atoms with van der Waals surface area (Å²) in [6.07, 6.45) is 2.65. The first-order chi connectivity index (χ1) is 12.2. The molecule has 0 unspecified atom stereocenters. The van der Waals surface area contributed by atoms with Crippen LogP contribution < -0.4 is 10.1 Å². The first kappa shape index (κ1) is 18.2. The van der Waals surface area contributed by atoms with Crippen LogP contribution in [0.3, 0.4) is 0 Å². The molecule has 1 saturated heterocycles. The van der Waals surface area contributed by atoms with Gasteiger partial charge in [0, 0.05) is 25.0 Å². The highest BCUT2D eigenvalue weighted by molar-refractivity contribution is 5.78. The SMILES string of the molecule is COc1cccc(CNC(=O)CN2CCOC[C@@H]2[C@@H]2CCC[C@@H]2O)c1. The topological polar surface area (TPSA) is 71.0 Å². The third-order valence-electron chi connectivity index (χ3n) is 5.28. The Morgan fingerprint density at radius 3 is 3.08 bits per heavy atom. The molecule has 6 nitrogen and oxygen atoms in total. The molecule has 0 aromatic heterocycles. The van der Waals surface area contributed by atoms with Crippen LogP contribution in [-0.4, -0.2) is 61.5 Å². The van der Waals surface area contributed by atoms with Crippen molar-refractivity contribution in [2.24, 2.45) is 5.92 Å². The minimum Gasteiger partial charge on any atom is -0.497 e. The van der Waals surface area contributed by atoms with Crippen molar-refractivity contribution < 1.29 is 19.4 Å². The summed E-state index contributed by atoms with van der Waals surface area (Å²) < 4.78 is 10.8. The second-order valence-corrected chi connectivity index (χ2v) is 6.90. The quantitative estimate of drug-likeness (QED) is 0.808. The maximum absolute atomic E-state index is 12.4. The molecule has 25 heavy (non-hydrogen) atoms. The van der Waals surface area contributed by atoms with Crippen molar-refractivity contribution in [3.63, 3.8) is 0 Å². The number of aliphatic hydroxyl groups excluding tert-OH is 1. The molecule has 1 aliphatic heterocycles. The summed E-state index contributed by atoms with van der Waals surface area (Å²) in [4.78, 5) is 14.6. The van der Waals surface area contributed by atoms with Gasteiger partial charge in [-0.05, 0) is 30.5 Å². The van der Waals surface area contributed by atoms with Crippen molar-refractivity contribution in [1.29, 1.82) is 0 Å². The highest BCUT2D eigenvalue weighted by atomic mass is 16.5. The van der Waals surface area contributed by atoms with Crippen molar-refractivity contribution in [2.75, 3.05) is 33.4 Å². The van der Waals surface area contributed by atoms with E-state index in [1.807, 2.05) is 24.3 Å². The predicted octanol–water partition coefficient (Wildman–Crippen LogP) is 1.17. The second kappa shape index (κ2) is 8.65. The molecular formula is C19H28N2O4. The minimum atomic E-state index is -0.269. The van der Waals surface area contributed by atoms with Gasteiger partial charge < -0.3 is 19.9 Å². The summed E-state index contributed by atoms with van der Waals surface area (Å²) in [5.41, 5.74) is 1.01. The molecule has 0 spiro atoms. The van der Waals surface area contributed by atoms with Crippen LogP contribution >= 0.6 is 0 Å². The third-order valence-corrected chi connectivity index (χ3v) is 5.28. The molecule has 2 N–H and O–H groups in total. The van der Waals surface area contributed by atoms with Crippen molar-refractivity contribution in [3.8, 4) is 5.75 Å². The zero-order valence-electron chi connectivity index (χ0n) is 14.8. The molecule has 1 aromatic carbocycles. The molecule has 1 aromatic rings. The van der Waals surface area contributed by atoms with E-state index in [1.54, 1.807) is 7.11 Å². The van der Waals surface area contributed by atoms with E-state index in [0.717, 1.165) is 37.1 Å². The van der Waals surface area contributed by atoms with Crippen molar-refractivity contribution in [3.05, 3.63) is 29.8 Å². The van der Waals surface area contributed by atoms with E-state index in [-0.39, 0.29) is 24.0 Å². The number of carbonyl (C=O) groups is 1. The lowest BCUT2D eigenvalue weighted by Gasteiger charge is -2.39. The Kier molecular flexibility index (Phi) is 6.29. The predicted molar refractivity (Wildman–Crippen MR) is 94.4 cm³/mol. The number of nitrogens with one attached hydrogen (secondary N) is 1. The van der Waals surface area contributed by atoms with E-state index in [2.05, 4.69) is 10.2 Å². The van der Waals surface area contributed by atoms with Crippen LogP contribution in [0.15, 0.2) is 24.3 Å². The molecule has 1 amide bonds. The summed E-state index contributed by atoms with van der Waals surface area (Å²) in [6.45, 7) is 2.81. The fourth-order valence-corrected chi connectivity index (χ4v) is 3.89. The standard InChI is InChI=1S/C19H28N2O4/c1-24-15-5-2-4-14(10-15)11-20-19(23)12-21-8-9-25-13-17(21)16-6-3-7-18(16)22/h2,4-5,10,16-18,22H,3,6-9,11-13H2,1H3,(H,20,23)/t16-,17+,18-/m0/s1. The molecule has 0 bridgehead atoms. The molecule has 1 aliphatic carbocycles. The number of hydrogen-bond donors (Lipinski definition) is 2. The lowest BCUT2D eigenvalue weighted by atomic mass is 9.94. The Labute approximate surface area is 149 Å². The number of morpholine rings is 1. The second-order valence-electron chi connectivity index (χ2n) is 6.90. The monoisotopic (exact) mass is 348 g/mol. The Morgan fingerprint density at radius 1 is 1.44 bits per heavy atom. The molecule has 1 heterocycles. The molecule has 3 rings (SSSR count). The number of ether oxygens (including phenoxy) is 2. The average Bonchev–Trinajstić information content (AvgIpc) is 3.06. The smallest absolute Gasteiger partial charge is 0.234 e. The van der Waals surface area contributed by atoms with Gasteiger partial charge in [0.15, 0.2) is 0 Å². The Bertz CT molecular complexity index is 580. The van der Waals surface area contributed by atoms with Crippen LogP contribution in [0.5, 0.6) is 5.75 Å². The van der Waals surface area contributed by atoms with Gasteiger partial charge in [-0.3, -0.25) is 9.69 Å². The van der Waals surface area contributed by atoms with E-state index in [0.29, 0.717) is 26.3 Å². The highest BCUT2D eigenvalue weighted by Gasteiger charge is 2.38. The van der Waals surface area contributed by atoms with Gasteiger partial charge >= 0.3 is 0 Å². The zero-order chi connectivity index (χ0) is 17.6. The molecule has 6 heteroatoms. The zero-order valence-corrected chi connectivity index (χ0v) is 14.8. The van der Waals surface area contributed by atoms with Gasteiger partial charge in [0.1, 0.15) is 5.75 Å². The molecule has 2 aliphatic rings.